The van der Waals surface area contributed by atoms with E-state index in [-0.39, 0.29) is 11.4 Å². The molecule has 1 aliphatic carbocycles. The molecule has 4 nitrogen and oxygen atoms in total. The van der Waals surface area contributed by atoms with Gasteiger partial charge in [-0.1, -0.05) is 13.8 Å². The molecule has 1 aliphatic rings. The average Bonchev–Trinajstić information content (AvgIpc) is 3.12. The summed E-state index contributed by atoms with van der Waals surface area (Å²) in [6.45, 7) is 8.85. The number of nitrogens with two attached hydrogens (primary N) is 1. The molecule has 106 valence electrons. The van der Waals surface area contributed by atoms with Gasteiger partial charge in [0, 0.05) is 6.04 Å². The summed E-state index contributed by atoms with van der Waals surface area (Å²) in [5.41, 5.74) is 5.94. The van der Waals surface area contributed by atoms with Crippen molar-refractivity contribution < 1.29 is 9.53 Å². The zero-order valence-electron chi connectivity index (χ0n) is 12.1. The van der Waals surface area contributed by atoms with E-state index >= 15 is 0 Å². The molecule has 2 N–H and O–H groups in total. The molecule has 18 heavy (non-hydrogen) atoms. The smallest absolute Gasteiger partial charge is 0.320 e. The lowest BCUT2D eigenvalue weighted by atomic mass is 9.88. The van der Waals surface area contributed by atoms with Crippen molar-refractivity contribution in [1.82, 2.24) is 4.90 Å². The lowest BCUT2D eigenvalue weighted by Gasteiger charge is -2.25. The van der Waals surface area contributed by atoms with Gasteiger partial charge in [-0.3, -0.25) is 9.69 Å². The molecule has 4 heteroatoms. The molecule has 0 aromatic carbocycles. The topological polar surface area (TPSA) is 55.6 Å². The number of carbonyl (C=O) groups excluding carboxylic acids is 1. The van der Waals surface area contributed by atoms with Crippen LogP contribution in [0.1, 0.15) is 46.5 Å². The van der Waals surface area contributed by atoms with E-state index in [1.165, 1.54) is 12.8 Å². The average molecular weight is 256 g/mol. The Morgan fingerprint density at radius 2 is 2.11 bits per heavy atom. The van der Waals surface area contributed by atoms with Gasteiger partial charge in [-0.05, 0) is 51.1 Å². The molecule has 0 aromatic rings. The van der Waals surface area contributed by atoms with Gasteiger partial charge in [0.2, 0.25) is 0 Å². The highest BCUT2D eigenvalue weighted by molar-refractivity contribution is 5.71. The molecule has 0 heterocycles. The van der Waals surface area contributed by atoms with E-state index in [1.54, 1.807) is 0 Å². The van der Waals surface area contributed by atoms with Crippen LogP contribution in [-0.4, -0.2) is 43.2 Å². The maximum atomic E-state index is 11.5. The molecular weight excluding hydrogens is 228 g/mol. The quantitative estimate of drug-likeness (QED) is 0.639. The summed E-state index contributed by atoms with van der Waals surface area (Å²) < 4.78 is 5.02. The van der Waals surface area contributed by atoms with Crippen LogP contribution in [-0.2, 0) is 9.53 Å². The summed E-state index contributed by atoms with van der Waals surface area (Å²) in [6.07, 6.45) is 4.65. The highest BCUT2D eigenvalue weighted by Gasteiger charge is 2.30. The van der Waals surface area contributed by atoms with Crippen LogP contribution in [0.2, 0.25) is 0 Å². The van der Waals surface area contributed by atoms with Gasteiger partial charge in [0.05, 0.1) is 13.2 Å². The van der Waals surface area contributed by atoms with Gasteiger partial charge in [0.25, 0.3) is 0 Å². The van der Waals surface area contributed by atoms with Gasteiger partial charge in [-0.2, -0.15) is 0 Å². The van der Waals surface area contributed by atoms with Crippen molar-refractivity contribution in [2.24, 2.45) is 11.1 Å². The highest BCUT2D eigenvalue weighted by Crippen LogP contribution is 2.28. The van der Waals surface area contributed by atoms with Gasteiger partial charge in [0.15, 0.2) is 0 Å². The van der Waals surface area contributed by atoms with Gasteiger partial charge in [-0.25, -0.2) is 0 Å². The van der Waals surface area contributed by atoms with Crippen molar-refractivity contribution in [3.8, 4) is 0 Å². The molecule has 0 amide bonds. The van der Waals surface area contributed by atoms with E-state index < -0.39 is 0 Å². The van der Waals surface area contributed by atoms with Crippen LogP contribution in [0.5, 0.6) is 0 Å². The number of hydrogen-bond acceptors (Lipinski definition) is 4. The second kappa shape index (κ2) is 7.10. The van der Waals surface area contributed by atoms with Crippen LogP contribution >= 0.6 is 0 Å². The Balaban J connectivity index is 2.28. The standard InChI is InChI=1S/C14H28N2O2/c1-4-18-13(17)10-16(12-6-7-12)9-5-8-14(2,3)11-15/h12H,4-11,15H2,1-3H3. The Hall–Kier alpha value is -0.610. The molecule has 1 saturated carbocycles. The predicted octanol–water partition coefficient (Wildman–Crippen LogP) is 1.78. The minimum Gasteiger partial charge on any atom is -0.465 e. The third-order valence-corrected chi connectivity index (χ3v) is 3.55. The number of hydrogen-bond donors (Lipinski definition) is 1. The molecule has 0 unspecified atom stereocenters. The van der Waals surface area contributed by atoms with Crippen LogP contribution in [0.4, 0.5) is 0 Å². The number of ether oxygens (including phenoxy) is 1. The van der Waals surface area contributed by atoms with Crippen molar-refractivity contribution in [2.75, 3.05) is 26.2 Å². The summed E-state index contributed by atoms with van der Waals surface area (Å²) >= 11 is 0. The van der Waals surface area contributed by atoms with Crippen LogP contribution < -0.4 is 5.73 Å². The van der Waals surface area contributed by atoms with Crippen molar-refractivity contribution in [3.05, 3.63) is 0 Å². The summed E-state index contributed by atoms with van der Waals surface area (Å²) in [6, 6.07) is 0.607. The Labute approximate surface area is 111 Å². The molecule has 1 fully saturated rings. The Kier molecular flexibility index (Phi) is 6.09. The van der Waals surface area contributed by atoms with Gasteiger partial charge in [0.1, 0.15) is 0 Å². The molecule has 0 bridgehead atoms. The minimum atomic E-state index is -0.0949. The SMILES string of the molecule is CCOC(=O)CN(CCCC(C)(C)CN)C1CC1. The molecule has 0 aromatic heterocycles. The van der Waals surface area contributed by atoms with Crippen molar-refractivity contribution >= 4 is 5.97 Å². The molecular formula is C14H28N2O2. The van der Waals surface area contributed by atoms with E-state index in [0.29, 0.717) is 25.7 Å². The Morgan fingerprint density at radius 1 is 1.44 bits per heavy atom. The first-order valence-electron chi connectivity index (χ1n) is 7.08. The normalized spacial score (nSPS) is 16.1. The molecule has 0 saturated heterocycles. The lowest BCUT2D eigenvalue weighted by Crippen LogP contribution is -2.34. The number of carbonyl (C=O) groups is 1. The predicted molar refractivity (Wildman–Crippen MR) is 73.3 cm³/mol. The molecule has 0 radical (unpaired) electrons. The van der Waals surface area contributed by atoms with E-state index in [9.17, 15) is 4.79 Å². The largest absolute Gasteiger partial charge is 0.465 e. The van der Waals surface area contributed by atoms with E-state index in [2.05, 4.69) is 18.7 Å². The minimum absolute atomic E-state index is 0.0949. The maximum Gasteiger partial charge on any atom is 0.320 e. The monoisotopic (exact) mass is 256 g/mol. The van der Waals surface area contributed by atoms with Crippen LogP contribution in [0.25, 0.3) is 0 Å². The first kappa shape index (κ1) is 15.4. The number of rotatable bonds is 9. The zero-order valence-corrected chi connectivity index (χ0v) is 12.1. The first-order valence-corrected chi connectivity index (χ1v) is 7.08. The first-order chi connectivity index (χ1) is 8.48. The summed E-state index contributed by atoms with van der Waals surface area (Å²) in [5, 5.41) is 0. The number of nitrogens with zero attached hydrogens (tertiary/aromatic N) is 1. The maximum absolute atomic E-state index is 11.5. The second-order valence-electron chi connectivity index (χ2n) is 5.98. The van der Waals surface area contributed by atoms with Gasteiger partial charge < -0.3 is 10.5 Å². The Morgan fingerprint density at radius 3 is 2.61 bits per heavy atom. The van der Waals surface area contributed by atoms with E-state index in [4.69, 9.17) is 10.5 Å². The van der Waals surface area contributed by atoms with Crippen LogP contribution in [0, 0.1) is 5.41 Å². The van der Waals surface area contributed by atoms with Crippen LogP contribution in [0.15, 0.2) is 0 Å². The fraction of sp³-hybridized carbons (Fsp3) is 0.929. The fourth-order valence-electron chi connectivity index (χ4n) is 2.07. The van der Waals surface area contributed by atoms with Gasteiger partial charge in [-0.15, -0.1) is 0 Å². The molecule has 1 rings (SSSR count). The lowest BCUT2D eigenvalue weighted by molar-refractivity contribution is -0.144. The third-order valence-electron chi connectivity index (χ3n) is 3.55. The summed E-state index contributed by atoms with van der Waals surface area (Å²) in [5.74, 6) is -0.0949. The highest BCUT2D eigenvalue weighted by atomic mass is 16.5. The molecule has 0 spiro atoms. The van der Waals surface area contributed by atoms with Gasteiger partial charge >= 0.3 is 5.97 Å². The fourth-order valence-corrected chi connectivity index (χ4v) is 2.07. The summed E-state index contributed by atoms with van der Waals surface area (Å²) in [4.78, 5) is 13.8. The number of esters is 1. The van der Waals surface area contributed by atoms with E-state index in [0.717, 1.165) is 19.4 Å². The summed E-state index contributed by atoms with van der Waals surface area (Å²) in [7, 11) is 0. The Bertz CT molecular complexity index is 263. The molecule has 0 aliphatic heterocycles. The molecule has 0 atom stereocenters. The second-order valence-corrected chi connectivity index (χ2v) is 5.98. The third kappa shape index (κ3) is 5.83. The van der Waals surface area contributed by atoms with Crippen LogP contribution in [0.3, 0.4) is 0 Å². The van der Waals surface area contributed by atoms with E-state index in [1.807, 2.05) is 6.92 Å². The zero-order chi connectivity index (χ0) is 13.6. The van der Waals surface area contributed by atoms with Crippen molar-refractivity contribution in [1.29, 1.82) is 0 Å². The van der Waals surface area contributed by atoms with Crippen molar-refractivity contribution in [3.63, 3.8) is 0 Å². The van der Waals surface area contributed by atoms with Crippen molar-refractivity contribution in [2.45, 2.75) is 52.5 Å².